The molecule has 0 bridgehead atoms. The molecule has 2 aromatic carbocycles. The zero-order chi connectivity index (χ0) is 18.4. The van der Waals surface area contributed by atoms with Crippen LogP contribution in [0.15, 0.2) is 30.3 Å². The Kier molecular flexibility index (Phi) is 5.94. The Hall–Kier alpha value is -3.09. The summed E-state index contributed by atoms with van der Waals surface area (Å²) in [6.07, 6.45) is 0. The first-order chi connectivity index (χ1) is 12.1. The molecule has 2 aromatic rings. The van der Waals surface area contributed by atoms with E-state index in [0.717, 1.165) is 0 Å². The number of amides is 1. The number of carbonyl (C=O) groups excluding carboxylic acids is 1. The third-order valence-corrected chi connectivity index (χ3v) is 3.58. The maximum atomic E-state index is 12.7. The first kappa shape index (κ1) is 18.3. The van der Waals surface area contributed by atoms with Crippen molar-refractivity contribution in [2.45, 2.75) is 0 Å². The molecular weight excluding hydrogens is 326 g/mol. The molecule has 0 aliphatic carbocycles. The van der Waals surface area contributed by atoms with Crippen molar-refractivity contribution in [1.29, 1.82) is 0 Å². The lowest BCUT2D eigenvalue weighted by Crippen LogP contribution is -2.13. The maximum absolute atomic E-state index is 12.7. The highest BCUT2D eigenvalue weighted by atomic mass is 16.5. The molecule has 0 aliphatic heterocycles. The molecular formula is C18H21NO6. The van der Waals surface area contributed by atoms with Crippen LogP contribution >= 0.6 is 0 Å². The fourth-order valence-corrected chi connectivity index (χ4v) is 2.32. The van der Waals surface area contributed by atoms with Gasteiger partial charge in [-0.05, 0) is 24.3 Å². The Morgan fingerprint density at radius 1 is 0.760 bits per heavy atom. The van der Waals surface area contributed by atoms with Gasteiger partial charge in [0.25, 0.3) is 5.91 Å². The second-order valence-corrected chi connectivity index (χ2v) is 4.93. The van der Waals surface area contributed by atoms with Crippen LogP contribution in [0.25, 0.3) is 0 Å². The molecule has 7 nitrogen and oxygen atoms in total. The third-order valence-electron chi connectivity index (χ3n) is 3.58. The first-order valence-electron chi connectivity index (χ1n) is 7.41. The lowest BCUT2D eigenvalue weighted by Gasteiger charge is -2.15. The van der Waals surface area contributed by atoms with Crippen LogP contribution in [0, 0.1) is 0 Å². The molecule has 134 valence electrons. The van der Waals surface area contributed by atoms with E-state index in [0.29, 0.717) is 40.0 Å². The Morgan fingerprint density at radius 2 is 1.36 bits per heavy atom. The van der Waals surface area contributed by atoms with Gasteiger partial charge in [-0.2, -0.15) is 0 Å². The second kappa shape index (κ2) is 8.14. The van der Waals surface area contributed by atoms with Crippen molar-refractivity contribution in [3.8, 4) is 28.7 Å². The van der Waals surface area contributed by atoms with E-state index in [2.05, 4.69) is 5.32 Å². The highest BCUT2D eigenvalue weighted by Crippen LogP contribution is 2.38. The van der Waals surface area contributed by atoms with Crippen molar-refractivity contribution in [1.82, 2.24) is 0 Å². The zero-order valence-electron chi connectivity index (χ0n) is 14.8. The smallest absolute Gasteiger partial charge is 0.256 e. The van der Waals surface area contributed by atoms with Crippen LogP contribution in [0.5, 0.6) is 28.7 Å². The molecule has 1 N–H and O–H groups in total. The average Bonchev–Trinajstić information content (AvgIpc) is 2.66. The van der Waals surface area contributed by atoms with Gasteiger partial charge >= 0.3 is 0 Å². The van der Waals surface area contributed by atoms with Gasteiger partial charge < -0.3 is 29.0 Å². The van der Waals surface area contributed by atoms with Crippen LogP contribution in [-0.4, -0.2) is 41.5 Å². The fraction of sp³-hybridized carbons (Fsp3) is 0.278. The number of hydrogen-bond acceptors (Lipinski definition) is 6. The van der Waals surface area contributed by atoms with Crippen LogP contribution in [0.4, 0.5) is 5.69 Å². The van der Waals surface area contributed by atoms with Crippen molar-refractivity contribution in [2.75, 3.05) is 40.9 Å². The van der Waals surface area contributed by atoms with Crippen molar-refractivity contribution < 1.29 is 28.5 Å². The summed E-state index contributed by atoms with van der Waals surface area (Å²) >= 11 is 0. The molecule has 0 aromatic heterocycles. The molecule has 0 fully saturated rings. The molecule has 0 heterocycles. The number of benzene rings is 2. The van der Waals surface area contributed by atoms with Gasteiger partial charge in [-0.15, -0.1) is 0 Å². The minimum atomic E-state index is -0.356. The molecule has 0 spiro atoms. The number of ether oxygens (including phenoxy) is 5. The molecule has 1 amide bonds. The predicted octanol–water partition coefficient (Wildman–Crippen LogP) is 2.98. The van der Waals surface area contributed by atoms with E-state index in [1.54, 1.807) is 37.4 Å². The van der Waals surface area contributed by atoms with E-state index < -0.39 is 0 Å². The van der Waals surface area contributed by atoms with Crippen LogP contribution in [-0.2, 0) is 0 Å². The normalized spacial score (nSPS) is 9.96. The summed E-state index contributed by atoms with van der Waals surface area (Å²) < 4.78 is 26.3. The molecule has 0 saturated heterocycles. The molecule has 25 heavy (non-hydrogen) atoms. The summed E-state index contributed by atoms with van der Waals surface area (Å²) in [5, 5.41) is 2.80. The van der Waals surface area contributed by atoms with Gasteiger partial charge in [-0.3, -0.25) is 4.79 Å². The third kappa shape index (κ3) is 3.88. The quantitative estimate of drug-likeness (QED) is 0.830. The Morgan fingerprint density at radius 3 is 1.84 bits per heavy atom. The molecule has 2 rings (SSSR count). The summed E-state index contributed by atoms with van der Waals surface area (Å²) in [5.74, 6) is 1.96. The van der Waals surface area contributed by atoms with Crippen molar-refractivity contribution in [2.24, 2.45) is 0 Å². The first-order valence-corrected chi connectivity index (χ1v) is 7.41. The van der Waals surface area contributed by atoms with Crippen LogP contribution in [0.1, 0.15) is 10.4 Å². The molecule has 0 unspecified atom stereocenters. The topological polar surface area (TPSA) is 75.3 Å². The zero-order valence-corrected chi connectivity index (χ0v) is 14.8. The minimum Gasteiger partial charge on any atom is -0.497 e. The van der Waals surface area contributed by atoms with Crippen molar-refractivity contribution >= 4 is 11.6 Å². The van der Waals surface area contributed by atoms with E-state index in [1.165, 1.54) is 28.4 Å². The number of anilines is 1. The summed E-state index contributed by atoms with van der Waals surface area (Å²) in [4.78, 5) is 12.7. The van der Waals surface area contributed by atoms with E-state index >= 15 is 0 Å². The highest BCUT2D eigenvalue weighted by Gasteiger charge is 2.18. The van der Waals surface area contributed by atoms with Gasteiger partial charge in [0.1, 0.15) is 11.5 Å². The van der Waals surface area contributed by atoms with E-state index in [9.17, 15) is 4.79 Å². The van der Waals surface area contributed by atoms with E-state index in [-0.39, 0.29) is 5.91 Å². The largest absolute Gasteiger partial charge is 0.497 e. The summed E-state index contributed by atoms with van der Waals surface area (Å²) in [6.45, 7) is 0. The maximum Gasteiger partial charge on any atom is 0.256 e. The van der Waals surface area contributed by atoms with Crippen LogP contribution in [0.2, 0.25) is 0 Å². The Bertz CT molecular complexity index is 734. The summed E-state index contributed by atoms with van der Waals surface area (Å²) in [6, 6.07) is 8.28. The van der Waals surface area contributed by atoms with Gasteiger partial charge in [0.2, 0.25) is 5.75 Å². The summed E-state index contributed by atoms with van der Waals surface area (Å²) in [5.41, 5.74) is 0.833. The molecule has 0 saturated carbocycles. The van der Waals surface area contributed by atoms with Crippen molar-refractivity contribution in [3.63, 3.8) is 0 Å². The van der Waals surface area contributed by atoms with Gasteiger partial charge in [0, 0.05) is 11.6 Å². The summed E-state index contributed by atoms with van der Waals surface area (Å²) in [7, 11) is 7.55. The fourth-order valence-electron chi connectivity index (χ4n) is 2.32. The number of hydrogen-bond donors (Lipinski definition) is 1. The highest BCUT2D eigenvalue weighted by molar-refractivity contribution is 6.06. The van der Waals surface area contributed by atoms with Crippen LogP contribution < -0.4 is 29.0 Å². The Balaban J connectivity index is 2.38. The van der Waals surface area contributed by atoms with E-state index in [1.807, 2.05) is 0 Å². The minimum absolute atomic E-state index is 0.347. The lowest BCUT2D eigenvalue weighted by molar-refractivity contribution is 0.102. The molecule has 0 aliphatic rings. The van der Waals surface area contributed by atoms with Crippen molar-refractivity contribution in [3.05, 3.63) is 35.9 Å². The van der Waals surface area contributed by atoms with Crippen LogP contribution in [0.3, 0.4) is 0 Å². The number of rotatable bonds is 7. The molecule has 7 heteroatoms. The lowest BCUT2D eigenvalue weighted by atomic mass is 10.1. The van der Waals surface area contributed by atoms with Gasteiger partial charge in [-0.25, -0.2) is 0 Å². The SMILES string of the molecule is COc1ccc(OC)c(NC(=O)c2cc(OC)c(OC)c(OC)c2)c1. The van der Waals surface area contributed by atoms with Gasteiger partial charge in [0.15, 0.2) is 11.5 Å². The number of carbonyl (C=O) groups is 1. The molecule has 0 atom stereocenters. The molecule has 0 radical (unpaired) electrons. The van der Waals surface area contributed by atoms with Gasteiger partial charge in [0.05, 0.1) is 41.2 Å². The van der Waals surface area contributed by atoms with Gasteiger partial charge in [-0.1, -0.05) is 0 Å². The average molecular weight is 347 g/mol. The standard InChI is InChI=1S/C18H21NO6/c1-21-12-6-7-14(22-2)13(10-12)19-18(20)11-8-15(23-3)17(25-5)16(9-11)24-4/h6-10H,1-5H3,(H,19,20). The van der Waals surface area contributed by atoms with E-state index in [4.69, 9.17) is 23.7 Å². The number of methoxy groups -OCH3 is 5. The monoisotopic (exact) mass is 347 g/mol. The number of nitrogens with one attached hydrogen (secondary N) is 1. The second-order valence-electron chi connectivity index (χ2n) is 4.93. The predicted molar refractivity (Wildman–Crippen MR) is 93.6 cm³/mol. The Labute approximate surface area is 146 Å².